The first-order valence-electron chi connectivity index (χ1n) is 8.81. The van der Waals surface area contributed by atoms with E-state index in [2.05, 4.69) is 47.0 Å². The van der Waals surface area contributed by atoms with Crippen LogP contribution in [0.1, 0.15) is 0 Å². The van der Waals surface area contributed by atoms with Crippen LogP contribution in [-0.4, -0.2) is 16.5 Å². The van der Waals surface area contributed by atoms with Crippen LogP contribution in [0.4, 0.5) is 5.69 Å². The minimum atomic E-state index is 0.675. The zero-order valence-electron chi connectivity index (χ0n) is 14.8. The average molecular weight is 351 g/mol. The normalized spacial score (nSPS) is 12.1. The predicted octanol–water partition coefficient (Wildman–Crippen LogP) is 4.78. The molecule has 0 atom stereocenters. The maximum atomic E-state index is 5.22. The van der Waals surface area contributed by atoms with Crippen LogP contribution >= 0.6 is 0 Å². The fourth-order valence-corrected chi connectivity index (χ4v) is 3.44. The molecule has 0 bridgehead atoms. The van der Waals surface area contributed by atoms with Crippen LogP contribution in [0.3, 0.4) is 0 Å². The Morgan fingerprint density at radius 2 is 1.59 bits per heavy atom. The summed E-state index contributed by atoms with van der Waals surface area (Å²) in [7, 11) is 1.66. The summed E-state index contributed by atoms with van der Waals surface area (Å²) in [6.07, 6.45) is 2.13. The van der Waals surface area contributed by atoms with Crippen molar-refractivity contribution in [2.45, 2.75) is 0 Å². The molecule has 4 nitrogen and oxygen atoms in total. The van der Waals surface area contributed by atoms with Gasteiger partial charge in [-0.15, -0.1) is 0 Å². The van der Waals surface area contributed by atoms with Crippen molar-refractivity contribution in [3.8, 4) is 28.3 Å². The number of imidazole rings is 1. The van der Waals surface area contributed by atoms with Gasteiger partial charge in [0, 0.05) is 17.1 Å². The standard InChI is InChI=1S/C23H17N3O/c1-27-18-13-11-17(12-14-18)24-23-25-21-10-6-5-9-19-20(15-26(23)22(19)21)16-7-3-2-4-8-16/h2-15H,1H3. The summed E-state index contributed by atoms with van der Waals surface area (Å²) >= 11 is 0. The van der Waals surface area contributed by atoms with Gasteiger partial charge in [-0.1, -0.05) is 48.5 Å². The molecule has 0 spiro atoms. The molecule has 0 amide bonds. The molecule has 0 saturated carbocycles. The second-order valence-electron chi connectivity index (χ2n) is 6.37. The van der Waals surface area contributed by atoms with Crippen LogP contribution in [0.5, 0.6) is 5.75 Å². The van der Waals surface area contributed by atoms with Crippen molar-refractivity contribution in [3.63, 3.8) is 0 Å². The molecule has 3 aromatic rings. The number of hydrogen-bond acceptors (Lipinski definition) is 3. The molecule has 1 aliphatic heterocycles. The van der Waals surface area contributed by atoms with Gasteiger partial charge in [0.25, 0.3) is 0 Å². The van der Waals surface area contributed by atoms with Gasteiger partial charge in [0.05, 0.1) is 24.2 Å². The molecule has 0 fully saturated rings. The molecule has 27 heavy (non-hydrogen) atoms. The SMILES string of the molecule is COc1ccc(N=c2nc3ccccc4c(-c5ccccc5)cn2c4-3)cc1. The third kappa shape index (κ3) is 2.62. The average Bonchev–Trinajstić information content (AvgIpc) is 3.17. The second kappa shape index (κ2) is 6.25. The highest BCUT2D eigenvalue weighted by Gasteiger charge is 2.18. The third-order valence-electron chi connectivity index (χ3n) is 4.74. The first kappa shape index (κ1) is 15.6. The van der Waals surface area contributed by atoms with Gasteiger partial charge in [0.15, 0.2) is 0 Å². The molecule has 0 radical (unpaired) electrons. The van der Waals surface area contributed by atoms with E-state index in [1.54, 1.807) is 7.11 Å². The van der Waals surface area contributed by atoms with Crippen molar-refractivity contribution in [1.29, 1.82) is 0 Å². The van der Waals surface area contributed by atoms with E-state index in [-0.39, 0.29) is 0 Å². The molecule has 2 heterocycles. The Balaban J connectivity index is 1.77. The smallest absolute Gasteiger partial charge is 0.235 e. The van der Waals surface area contributed by atoms with Gasteiger partial charge in [0.2, 0.25) is 5.62 Å². The van der Waals surface area contributed by atoms with E-state index in [0.717, 1.165) is 22.8 Å². The number of benzene rings is 2. The molecule has 0 N–H and O–H groups in total. The highest BCUT2D eigenvalue weighted by molar-refractivity contribution is 5.94. The first-order valence-corrected chi connectivity index (χ1v) is 8.81. The lowest BCUT2D eigenvalue weighted by molar-refractivity contribution is 0.415. The van der Waals surface area contributed by atoms with E-state index in [1.165, 1.54) is 16.5 Å². The Kier molecular flexibility index (Phi) is 3.61. The molecule has 130 valence electrons. The number of hydrogen-bond donors (Lipinski definition) is 0. The van der Waals surface area contributed by atoms with Gasteiger partial charge in [-0.2, -0.15) is 0 Å². The fraction of sp³-hybridized carbons (Fsp3) is 0.0435. The maximum Gasteiger partial charge on any atom is 0.235 e. The van der Waals surface area contributed by atoms with Gasteiger partial charge in [0.1, 0.15) is 5.75 Å². The predicted molar refractivity (Wildman–Crippen MR) is 107 cm³/mol. The summed E-state index contributed by atoms with van der Waals surface area (Å²) < 4.78 is 7.30. The molecule has 2 aromatic carbocycles. The summed E-state index contributed by atoms with van der Waals surface area (Å²) in [6.45, 7) is 0. The summed E-state index contributed by atoms with van der Waals surface area (Å²) in [6, 6.07) is 26.3. The monoisotopic (exact) mass is 351 g/mol. The largest absolute Gasteiger partial charge is 0.497 e. The van der Waals surface area contributed by atoms with E-state index in [1.807, 2.05) is 42.5 Å². The lowest BCUT2D eigenvalue weighted by Crippen LogP contribution is -2.09. The van der Waals surface area contributed by atoms with Gasteiger partial charge < -0.3 is 4.74 Å². The van der Waals surface area contributed by atoms with Gasteiger partial charge in [-0.05, 0) is 35.9 Å². The van der Waals surface area contributed by atoms with Crippen LogP contribution in [0.2, 0.25) is 0 Å². The molecule has 1 aromatic heterocycles. The number of aromatic nitrogens is 2. The number of nitrogens with zero attached hydrogens (tertiary/aromatic N) is 3. The summed E-state index contributed by atoms with van der Waals surface area (Å²) in [5.41, 5.74) is 5.91. The van der Waals surface area contributed by atoms with Crippen LogP contribution < -0.4 is 10.4 Å². The van der Waals surface area contributed by atoms with E-state index < -0.39 is 0 Å². The Morgan fingerprint density at radius 1 is 0.852 bits per heavy atom. The van der Waals surface area contributed by atoms with Gasteiger partial charge in [-0.25, -0.2) is 9.98 Å². The first-order chi connectivity index (χ1) is 13.3. The molecule has 2 aliphatic rings. The topological polar surface area (TPSA) is 38.9 Å². The van der Waals surface area contributed by atoms with Crippen molar-refractivity contribution < 1.29 is 4.74 Å². The number of rotatable bonds is 3. The lowest BCUT2D eigenvalue weighted by Gasteiger charge is -1.98. The van der Waals surface area contributed by atoms with E-state index >= 15 is 0 Å². The Hall–Kier alpha value is -3.66. The summed E-state index contributed by atoms with van der Waals surface area (Å²) in [5, 5.41) is 1.17. The molecule has 1 aliphatic carbocycles. The highest BCUT2D eigenvalue weighted by Crippen LogP contribution is 2.34. The van der Waals surface area contributed by atoms with Crippen molar-refractivity contribution in [2.75, 3.05) is 7.11 Å². The zero-order valence-corrected chi connectivity index (χ0v) is 14.8. The second-order valence-corrected chi connectivity index (χ2v) is 6.37. The van der Waals surface area contributed by atoms with Crippen LogP contribution in [0.15, 0.2) is 90.1 Å². The fourth-order valence-electron chi connectivity index (χ4n) is 3.44. The molecular weight excluding hydrogens is 334 g/mol. The Morgan fingerprint density at radius 3 is 2.37 bits per heavy atom. The number of ether oxygens (including phenoxy) is 1. The van der Waals surface area contributed by atoms with Crippen molar-refractivity contribution in [3.05, 3.63) is 90.7 Å². The Bertz CT molecular complexity index is 1240. The quantitative estimate of drug-likeness (QED) is 0.469. The van der Waals surface area contributed by atoms with Crippen LogP contribution in [0.25, 0.3) is 27.9 Å². The summed E-state index contributed by atoms with van der Waals surface area (Å²) in [5.74, 6) is 0.812. The Labute approximate surface area is 156 Å². The van der Waals surface area contributed by atoms with Crippen LogP contribution in [0, 0.1) is 0 Å². The molecule has 4 heteroatoms. The molecule has 5 rings (SSSR count). The van der Waals surface area contributed by atoms with E-state index in [4.69, 9.17) is 14.7 Å². The van der Waals surface area contributed by atoms with E-state index in [0.29, 0.717) is 5.62 Å². The zero-order chi connectivity index (χ0) is 18.2. The van der Waals surface area contributed by atoms with Crippen LogP contribution in [-0.2, 0) is 0 Å². The van der Waals surface area contributed by atoms with Crippen molar-refractivity contribution >= 4 is 11.1 Å². The summed E-state index contributed by atoms with van der Waals surface area (Å²) in [4.78, 5) is 9.51. The van der Waals surface area contributed by atoms with E-state index in [9.17, 15) is 0 Å². The number of methoxy groups -OCH3 is 1. The van der Waals surface area contributed by atoms with Gasteiger partial charge >= 0.3 is 0 Å². The molecular formula is C23H17N3O. The lowest BCUT2D eigenvalue weighted by atomic mass is 10.1. The maximum absolute atomic E-state index is 5.22. The minimum Gasteiger partial charge on any atom is -0.497 e. The molecule has 0 unspecified atom stereocenters. The highest BCUT2D eigenvalue weighted by atomic mass is 16.5. The van der Waals surface area contributed by atoms with Crippen molar-refractivity contribution in [1.82, 2.24) is 9.38 Å². The minimum absolute atomic E-state index is 0.675. The molecule has 0 saturated heterocycles. The van der Waals surface area contributed by atoms with Crippen molar-refractivity contribution in [2.24, 2.45) is 4.99 Å². The third-order valence-corrected chi connectivity index (χ3v) is 4.74. The van der Waals surface area contributed by atoms with Gasteiger partial charge in [-0.3, -0.25) is 4.40 Å².